The Morgan fingerprint density at radius 1 is 1.33 bits per heavy atom. The van der Waals surface area contributed by atoms with Gasteiger partial charge in [0.15, 0.2) is 0 Å². The summed E-state index contributed by atoms with van der Waals surface area (Å²) in [5.74, 6) is 0.984. The van der Waals surface area contributed by atoms with E-state index < -0.39 is 0 Å². The van der Waals surface area contributed by atoms with E-state index in [1.807, 2.05) is 40.7 Å². The summed E-state index contributed by atoms with van der Waals surface area (Å²) in [4.78, 5) is 0. The number of allylic oxidation sites excluding steroid dienone is 1. The molecule has 1 heteroatoms. The summed E-state index contributed by atoms with van der Waals surface area (Å²) in [6.07, 6.45) is 3.50. The minimum absolute atomic E-state index is 0.984. The van der Waals surface area contributed by atoms with E-state index in [0.717, 1.165) is 5.76 Å². The van der Waals surface area contributed by atoms with Crippen molar-refractivity contribution in [1.29, 1.82) is 0 Å². The van der Waals surface area contributed by atoms with Gasteiger partial charge >= 0.3 is 0 Å². The largest absolute Gasteiger partial charge is 0.469 e. The Bertz CT molecular complexity index is 170. The lowest BCUT2D eigenvalue weighted by Gasteiger charge is -1.69. The van der Waals surface area contributed by atoms with Crippen LogP contribution in [0.3, 0.4) is 0 Å². The number of aryl methyl sites for hydroxylation is 2. The Hall–Kier alpha value is -0.980. The third-order valence-electron chi connectivity index (χ3n) is 0.862. The molecule has 0 radical (unpaired) electrons. The van der Waals surface area contributed by atoms with Crippen molar-refractivity contribution in [2.75, 3.05) is 0 Å². The first-order valence-electron chi connectivity index (χ1n) is 4.29. The second kappa shape index (κ2) is 10.0. The van der Waals surface area contributed by atoms with Gasteiger partial charge in [-0.25, -0.2) is 0 Å². The van der Waals surface area contributed by atoms with Crippen LogP contribution in [0.15, 0.2) is 29.4 Å². The Labute approximate surface area is 76.1 Å². The molecular formula is C11H20O. The molecular weight excluding hydrogens is 148 g/mol. The molecule has 0 atom stereocenters. The second-order valence-electron chi connectivity index (χ2n) is 2.14. The molecule has 0 aromatic carbocycles. The number of hydrogen-bond acceptors (Lipinski definition) is 1. The molecule has 0 saturated carbocycles. The van der Waals surface area contributed by atoms with Gasteiger partial charge in [-0.15, -0.1) is 6.58 Å². The molecule has 0 aliphatic rings. The molecule has 1 heterocycles. The Morgan fingerprint density at radius 2 is 1.75 bits per heavy atom. The van der Waals surface area contributed by atoms with Gasteiger partial charge in [-0.2, -0.15) is 0 Å². The molecule has 0 aliphatic carbocycles. The molecule has 1 aromatic rings. The predicted octanol–water partition coefficient (Wildman–Crippen LogP) is 4.11. The van der Waals surface area contributed by atoms with Crippen molar-refractivity contribution in [2.24, 2.45) is 0 Å². The topological polar surface area (TPSA) is 13.1 Å². The van der Waals surface area contributed by atoms with Crippen molar-refractivity contribution in [1.82, 2.24) is 0 Å². The van der Waals surface area contributed by atoms with Gasteiger partial charge in [-0.1, -0.05) is 19.9 Å². The van der Waals surface area contributed by atoms with Gasteiger partial charge in [-0.05, 0) is 32.4 Å². The molecule has 0 spiro atoms. The highest BCUT2D eigenvalue weighted by Gasteiger charge is 1.85. The van der Waals surface area contributed by atoms with Gasteiger partial charge in [0.25, 0.3) is 0 Å². The van der Waals surface area contributed by atoms with Gasteiger partial charge < -0.3 is 4.42 Å². The van der Waals surface area contributed by atoms with E-state index in [1.54, 1.807) is 12.3 Å². The van der Waals surface area contributed by atoms with Crippen molar-refractivity contribution in [3.05, 3.63) is 36.3 Å². The third-order valence-corrected chi connectivity index (χ3v) is 0.862. The third kappa shape index (κ3) is 9.02. The molecule has 12 heavy (non-hydrogen) atoms. The first-order chi connectivity index (χ1) is 5.70. The SMILES string of the molecule is C=CC.CC.Cc1coc(C)c1. The van der Waals surface area contributed by atoms with Crippen LogP contribution >= 0.6 is 0 Å². The molecule has 0 N–H and O–H groups in total. The number of furan rings is 1. The highest BCUT2D eigenvalue weighted by molar-refractivity contribution is 5.08. The molecule has 1 aromatic heterocycles. The zero-order valence-electron chi connectivity index (χ0n) is 8.85. The molecule has 1 rings (SSSR count). The van der Waals surface area contributed by atoms with E-state index >= 15 is 0 Å². The smallest absolute Gasteiger partial charge is 0.100 e. The summed E-state index contributed by atoms with van der Waals surface area (Å²) >= 11 is 0. The predicted molar refractivity (Wildman–Crippen MR) is 55.4 cm³/mol. The van der Waals surface area contributed by atoms with Gasteiger partial charge in [0.2, 0.25) is 0 Å². The van der Waals surface area contributed by atoms with Crippen molar-refractivity contribution >= 4 is 0 Å². The molecule has 0 saturated heterocycles. The van der Waals surface area contributed by atoms with Gasteiger partial charge in [0, 0.05) is 0 Å². The Morgan fingerprint density at radius 3 is 1.83 bits per heavy atom. The Balaban J connectivity index is 0. The van der Waals surface area contributed by atoms with Crippen LogP contribution < -0.4 is 0 Å². The molecule has 1 nitrogen and oxygen atoms in total. The molecule has 0 aliphatic heterocycles. The lowest BCUT2D eigenvalue weighted by molar-refractivity contribution is 0.533. The maximum Gasteiger partial charge on any atom is 0.100 e. The fourth-order valence-electron chi connectivity index (χ4n) is 0.575. The van der Waals surface area contributed by atoms with Crippen LogP contribution in [0.5, 0.6) is 0 Å². The van der Waals surface area contributed by atoms with Crippen LogP contribution in [0, 0.1) is 13.8 Å². The van der Waals surface area contributed by atoms with Gasteiger partial charge in [0.05, 0.1) is 6.26 Å². The fourth-order valence-corrected chi connectivity index (χ4v) is 0.575. The minimum atomic E-state index is 0.984. The lowest BCUT2D eigenvalue weighted by Crippen LogP contribution is -1.53. The standard InChI is InChI=1S/C6H8O.C3H6.C2H6/c1-5-3-6(2)7-4-5;1-3-2;1-2/h3-4H,1-2H3;3H,1H2,2H3;1-2H3. The Kier molecular flexibility index (Phi) is 11.4. The first kappa shape index (κ1) is 13.6. The van der Waals surface area contributed by atoms with Gasteiger partial charge in [0.1, 0.15) is 5.76 Å². The van der Waals surface area contributed by atoms with E-state index in [9.17, 15) is 0 Å². The van der Waals surface area contributed by atoms with Crippen molar-refractivity contribution in [3.8, 4) is 0 Å². The van der Waals surface area contributed by atoms with E-state index in [1.165, 1.54) is 5.56 Å². The van der Waals surface area contributed by atoms with Crippen LogP contribution in [0.4, 0.5) is 0 Å². The first-order valence-corrected chi connectivity index (χ1v) is 4.29. The second-order valence-corrected chi connectivity index (χ2v) is 2.14. The molecule has 0 unspecified atom stereocenters. The van der Waals surface area contributed by atoms with E-state index in [-0.39, 0.29) is 0 Å². The number of rotatable bonds is 0. The molecule has 70 valence electrons. The van der Waals surface area contributed by atoms with E-state index in [2.05, 4.69) is 6.58 Å². The molecule has 0 amide bonds. The fraction of sp³-hybridized carbons (Fsp3) is 0.455. The van der Waals surface area contributed by atoms with Crippen molar-refractivity contribution in [3.63, 3.8) is 0 Å². The highest BCUT2D eigenvalue weighted by atomic mass is 16.3. The zero-order chi connectivity index (χ0) is 9.98. The van der Waals surface area contributed by atoms with E-state index in [0.29, 0.717) is 0 Å². The highest BCUT2D eigenvalue weighted by Crippen LogP contribution is 2.02. The maximum absolute atomic E-state index is 4.96. The minimum Gasteiger partial charge on any atom is -0.469 e. The maximum atomic E-state index is 4.96. The summed E-state index contributed by atoms with van der Waals surface area (Å²) in [5, 5.41) is 0. The van der Waals surface area contributed by atoms with Crippen LogP contribution in [0.2, 0.25) is 0 Å². The monoisotopic (exact) mass is 168 g/mol. The average Bonchev–Trinajstić information content (AvgIpc) is 2.40. The van der Waals surface area contributed by atoms with Crippen LogP contribution in [0.25, 0.3) is 0 Å². The van der Waals surface area contributed by atoms with Crippen molar-refractivity contribution in [2.45, 2.75) is 34.6 Å². The van der Waals surface area contributed by atoms with Gasteiger partial charge in [-0.3, -0.25) is 0 Å². The molecule has 0 bridgehead atoms. The van der Waals surface area contributed by atoms with Crippen molar-refractivity contribution < 1.29 is 4.42 Å². The number of hydrogen-bond donors (Lipinski definition) is 0. The lowest BCUT2D eigenvalue weighted by atomic mass is 10.4. The summed E-state index contributed by atoms with van der Waals surface area (Å²) in [5.41, 5.74) is 1.19. The quantitative estimate of drug-likeness (QED) is 0.531. The van der Waals surface area contributed by atoms with E-state index in [4.69, 9.17) is 4.42 Å². The summed E-state index contributed by atoms with van der Waals surface area (Å²) < 4.78 is 4.96. The molecule has 0 fully saturated rings. The van der Waals surface area contributed by atoms with Crippen LogP contribution in [-0.4, -0.2) is 0 Å². The average molecular weight is 168 g/mol. The summed E-state index contributed by atoms with van der Waals surface area (Å²) in [6, 6.07) is 2.00. The van der Waals surface area contributed by atoms with Crippen LogP contribution in [-0.2, 0) is 0 Å². The normalized spacial score (nSPS) is 7.08. The van der Waals surface area contributed by atoms with Crippen LogP contribution in [0.1, 0.15) is 32.1 Å². The summed E-state index contributed by atoms with van der Waals surface area (Å²) in [6.45, 7) is 13.2. The summed E-state index contributed by atoms with van der Waals surface area (Å²) in [7, 11) is 0. The zero-order valence-corrected chi connectivity index (χ0v) is 8.85.